The highest BCUT2D eigenvalue weighted by Gasteiger charge is 2.14. The fourth-order valence-electron chi connectivity index (χ4n) is 1.92. The monoisotopic (exact) mass is 344 g/mol. The molecule has 0 radical (unpaired) electrons. The summed E-state index contributed by atoms with van der Waals surface area (Å²) in [4.78, 5) is 32.3. The Morgan fingerprint density at radius 3 is 2.56 bits per heavy atom. The molecule has 10 nitrogen and oxygen atoms in total. The molecule has 0 atom stereocenters. The lowest BCUT2D eigenvalue weighted by atomic mass is 10.2. The summed E-state index contributed by atoms with van der Waals surface area (Å²) in [5.41, 5.74) is 2.17. The molecule has 25 heavy (non-hydrogen) atoms. The lowest BCUT2D eigenvalue weighted by Gasteiger charge is -2.02. The van der Waals surface area contributed by atoms with Crippen LogP contribution in [-0.4, -0.2) is 29.1 Å². The minimum absolute atomic E-state index is 0.0621. The van der Waals surface area contributed by atoms with E-state index in [-0.39, 0.29) is 22.7 Å². The van der Waals surface area contributed by atoms with Crippen molar-refractivity contribution in [1.29, 1.82) is 0 Å². The van der Waals surface area contributed by atoms with E-state index < -0.39 is 15.8 Å². The number of hydrogen-bond donors (Lipinski definition) is 1. The zero-order valence-corrected chi connectivity index (χ0v) is 12.9. The van der Waals surface area contributed by atoms with E-state index >= 15 is 0 Å². The number of ether oxygens (including phenoxy) is 1. The van der Waals surface area contributed by atoms with Crippen LogP contribution >= 0.6 is 0 Å². The molecule has 0 saturated carbocycles. The van der Waals surface area contributed by atoms with Crippen molar-refractivity contribution in [2.45, 2.75) is 0 Å². The maximum absolute atomic E-state index is 11.9. The van der Waals surface area contributed by atoms with Gasteiger partial charge >= 0.3 is 5.69 Å². The van der Waals surface area contributed by atoms with Crippen molar-refractivity contribution in [3.05, 3.63) is 73.8 Å². The number of non-ortho nitro benzene ring substituents is 1. The molecule has 0 fully saturated rings. The number of carbonyl (C=O) groups excluding carboxylic acids is 1. The summed E-state index contributed by atoms with van der Waals surface area (Å²) >= 11 is 0. The minimum Gasteiger partial charge on any atom is -0.490 e. The second-order valence-corrected chi connectivity index (χ2v) is 4.69. The Bertz CT molecular complexity index is 865. The normalized spacial score (nSPS) is 10.4. The van der Waals surface area contributed by atoms with Crippen LogP contribution in [0.25, 0.3) is 0 Å². The van der Waals surface area contributed by atoms with Gasteiger partial charge < -0.3 is 4.74 Å². The number of hydrogen-bond acceptors (Lipinski definition) is 7. The number of carbonyl (C=O) groups is 1. The lowest BCUT2D eigenvalue weighted by molar-refractivity contribution is -0.385. The van der Waals surface area contributed by atoms with Crippen LogP contribution in [0.3, 0.4) is 0 Å². The first-order chi connectivity index (χ1) is 11.9. The zero-order valence-electron chi connectivity index (χ0n) is 12.9. The highest BCUT2D eigenvalue weighted by atomic mass is 16.6. The molecule has 0 aliphatic carbocycles. The van der Waals surface area contributed by atoms with Crippen molar-refractivity contribution in [3.8, 4) is 5.75 Å². The molecule has 0 unspecified atom stereocenters. The van der Waals surface area contributed by atoms with Crippen LogP contribution in [0.4, 0.5) is 11.4 Å². The Labute approximate surface area is 141 Å². The Morgan fingerprint density at radius 1 is 1.16 bits per heavy atom. The molecule has 1 N–H and O–H groups in total. The molecule has 128 valence electrons. The van der Waals surface area contributed by atoms with Gasteiger partial charge in [-0.2, -0.15) is 5.10 Å². The van der Waals surface area contributed by atoms with Gasteiger partial charge in [0.05, 0.1) is 23.2 Å². The summed E-state index contributed by atoms with van der Waals surface area (Å²) < 4.78 is 4.88. The Morgan fingerprint density at radius 2 is 1.92 bits per heavy atom. The summed E-state index contributed by atoms with van der Waals surface area (Å²) in [6.07, 6.45) is 1.21. The minimum atomic E-state index is -0.650. The van der Waals surface area contributed by atoms with Gasteiger partial charge in [-0.3, -0.25) is 25.0 Å². The fourth-order valence-corrected chi connectivity index (χ4v) is 1.92. The lowest BCUT2D eigenvalue weighted by Crippen LogP contribution is -2.17. The first kappa shape index (κ1) is 17.5. The van der Waals surface area contributed by atoms with Crippen LogP contribution in [0.5, 0.6) is 5.75 Å². The molecule has 2 rings (SSSR count). The summed E-state index contributed by atoms with van der Waals surface area (Å²) in [7, 11) is 1.31. The quantitative estimate of drug-likeness (QED) is 0.485. The molecule has 0 heterocycles. The molecule has 0 saturated heterocycles. The number of nitrogens with zero attached hydrogens (tertiary/aromatic N) is 3. The SMILES string of the molecule is COc1ccc(/C=N\NC(=O)c2cccc([N+](=O)[O-])c2)cc1[N+](=O)[O-]. The number of benzene rings is 2. The summed E-state index contributed by atoms with van der Waals surface area (Å²) in [5, 5.41) is 25.3. The standard InChI is InChI=1S/C15H12N4O6/c1-25-14-6-5-10(7-13(14)19(23)24)9-16-17-15(20)11-3-2-4-12(8-11)18(21)22/h2-9H,1H3,(H,17,20)/b16-9-. The van der Waals surface area contributed by atoms with Crippen LogP contribution < -0.4 is 10.2 Å². The molecule has 0 aromatic heterocycles. The number of rotatable bonds is 6. The summed E-state index contributed by atoms with van der Waals surface area (Å²) in [6.45, 7) is 0. The summed E-state index contributed by atoms with van der Waals surface area (Å²) in [5.74, 6) is -0.550. The van der Waals surface area contributed by atoms with Crippen LogP contribution in [0, 0.1) is 20.2 Å². The second-order valence-electron chi connectivity index (χ2n) is 4.69. The smallest absolute Gasteiger partial charge is 0.311 e. The van der Waals surface area contributed by atoms with E-state index in [9.17, 15) is 25.0 Å². The highest BCUT2D eigenvalue weighted by Crippen LogP contribution is 2.26. The molecule has 1 amide bonds. The van der Waals surface area contributed by atoms with Gasteiger partial charge in [-0.15, -0.1) is 0 Å². The predicted octanol–water partition coefficient (Wildman–Crippen LogP) is 2.28. The first-order valence-corrected chi connectivity index (χ1v) is 6.82. The van der Waals surface area contributed by atoms with E-state index in [1.807, 2.05) is 0 Å². The first-order valence-electron chi connectivity index (χ1n) is 6.82. The molecule has 0 bridgehead atoms. The average molecular weight is 344 g/mol. The van der Waals surface area contributed by atoms with Crippen LogP contribution in [0.15, 0.2) is 47.6 Å². The van der Waals surface area contributed by atoms with Crippen molar-refractivity contribution in [1.82, 2.24) is 5.43 Å². The molecule has 10 heteroatoms. The third kappa shape index (κ3) is 4.34. The molecule has 0 spiro atoms. The van der Waals surface area contributed by atoms with Gasteiger partial charge in [0.25, 0.3) is 11.6 Å². The Balaban J connectivity index is 2.11. The van der Waals surface area contributed by atoms with Gasteiger partial charge in [0, 0.05) is 29.3 Å². The van der Waals surface area contributed by atoms with E-state index in [1.54, 1.807) is 0 Å². The maximum atomic E-state index is 11.9. The van der Waals surface area contributed by atoms with Gasteiger partial charge in [-0.25, -0.2) is 5.43 Å². The number of nitro benzene ring substituents is 2. The number of nitro groups is 2. The van der Waals surface area contributed by atoms with Gasteiger partial charge in [-0.05, 0) is 18.2 Å². The maximum Gasteiger partial charge on any atom is 0.311 e. The van der Waals surface area contributed by atoms with E-state index in [1.165, 1.54) is 49.7 Å². The van der Waals surface area contributed by atoms with E-state index in [0.29, 0.717) is 5.56 Å². The average Bonchev–Trinajstić information content (AvgIpc) is 2.61. The molecular formula is C15H12N4O6. The van der Waals surface area contributed by atoms with Crippen molar-refractivity contribution >= 4 is 23.5 Å². The molecular weight excluding hydrogens is 332 g/mol. The van der Waals surface area contributed by atoms with Gasteiger partial charge in [0.15, 0.2) is 5.75 Å². The van der Waals surface area contributed by atoms with Crippen molar-refractivity contribution in [3.63, 3.8) is 0 Å². The van der Waals surface area contributed by atoms with E-state index in [0.717, 1.165) is 6.07 Å². The zero-order chi connectivity index (χ0) is 18.4. The van der Waals surface area contributed by atoms with Crippen LogP contribution in [-0.2, 0) is 0 Å². The number of amides is 1. The Kier molecular flexibility index (Phi) is 5.36. The largest absolute Gasteiger partial charge is 0.490 e. The molecule has 2 aromatic rings. The number of methoxy groups -OCH3 is 1. The van der Waals surface area contributed by atoms with Crippen molar-refractivity contribution in [2.75, 3.05) is 7.11 Å². The highest BCUT2D eigenvalue weighted by molar-refractivity contribution is 5.95. The Hall–Kier alpha value is -3.82. The summed E-state index contributed by atoms with van der Waals surface area (Å²) in [6, 6.07) is 9.32. The van der Waals surface area contributed by atoms with E-state index in [4.69, 9.17) is 4.74 Å². The topological polar surface area (TPSA) is 137 Å². The predicted molar refractivity (Wildman–Crippen MR) is 87.8 cm³/mol. The van der Waals surface area contributed by atoms with Gasteiger partial charge in [0.2, 0.25) is 0 Å². The van der Waals surface area contributed by atoms with Crippen molar-refractivity contribution in [2.24, 2.45) is 5.10 Å². The van der Waals surface area contributed by atoms with Gasteiger partial charge in [-0.1, -0.05) is 6.07 Å². The third-order valence-corrected chi connectivity index (χ3v) is 3.10. The number of hydrazone groups is 1. The van der Waals surface area contributed by atoms with Crippen LogP contribution in [0.1, 0.15) is 15.9 Å². The third-order valence-electron chi connectivity index (χ3n) is 3.10. The van der Waals surface area contributed by atoms with E-state index in [2.05, 4.69) is 10.5 Å². The molecule has 2 aromatic carbocycles. The fraction of sp³-hybridized carbons (Fsp3) is 0.0667. The molecule has 0 aliphatic heterocycles. The molecule has 0 aliphatic rings. The van der Waals surface area contributed by atoms with Crippen molar-refractivity contribution < 1.29 is 19.4 Å². The van der Waals surface area contributed by atoms with Gasteiger partial charge in [0.1, 0.15) is 0 Å². The number of nitrogens with one attached hydrogen (secondary N) is 1. The van der Waals surface area contributed by atoms with Crippen LogP contribution in [0.2, 0.25) is 0 Å². The second kappa shape index (κ2) is 7.64.